The minimum absolute atomic E-state index is 0.271. The van der Waals surface area contributed by atoms with Crippen LogP contribution in [0.15, 0.2) is 24.3 Å². The van der Waals surface area contributed by atoms with Crippen LogP contribution in [0.2, 0.25) is 0 Å². The molecule has 0 aliphatic carbocycles. The van der Waals surface area contributed by atoms with Gasteiger partial charge in [-0.25, -0.2) is 0 Å². The van der Waals surface area contributed by atoms with Gasteiger partial charge in [0.25, 0.3) is 0 Å². The molecule has 0 radical (unpaired) electrons. The summed E-state index contributed by atoms with van der Waals surface area (Å²) in [5.41, 5.74) is 13.0. The standard InChI is InChI=1S/C14H23N3O/c1-11(2)17(10-14(16)18)8-4-6-12-5-3-7-13(15)9-12/h3,5,7,9,11H,4,6,8,10,15H2,1-2H3,(H2,16,18). The average Bonchev–Trinajstić information content (AvgIpc) is 2.27. The summed E-state index contributed by atoms with van der Waals surface area (Å²) in [6, 6.07) is 8.25. The highest BCUT2D eigenvalue weighted by molar-refractivity contribution is 5.75. The van der Waals surface area contributed by atoms with Crippen LogP contribution in [0.5, 0.6) is 0 Å². The summed E-state index contributed by atoms with van der Waals surface area (Å²) < 4.78 is 0. The first-order valence-electron chi connectivity index (χ1n) is 6.36. The zero-order chi connectivity index (χ0) is 13.5. The van der Waals surface area contributed by atoms with E-state index in [2.05, 4.69) is 24.8 Å². The van der Waals surface area contributed by atoms with Gasteiger partial charge in [0.05, 0.1) is 6.54 Å². The number of aryl methyl sites for hydroxylation is 1. The van der Waals surface area contributed by atoms with E-state index < -0.39 is 0 Å². The molecule has 0 atom stereocenters. The predicted molar refractivity (Wildman–Crippen MR) is 75.1 cm³/mol. The molecule has 0 aliphatic rings. The van der Waals surface area contributed by atoms with Crippen molar-refractivity contribution in [3.05, 3.63) is 29.8 Å². The van der Waals surface area contributed by atoms with Crippen molar-refractivity contribution in [3.8, 4) is 0 Å². The van der Waals surface area contributed by atoms with Crippen molar-refractivity contribution in [1.82, 2.24) is 4.90 Å². The van der Waals surface area contributed by atoms with Gasteiger partial charge in [-0.3, -0.25) is 9.69 Å². The quantitative estimate of drug-likeness (QED) is 0.717. The van der Waals surface area contributed by atoms with Crippen LogP contribution in [0, 0.1) is 0 Å². The average molecular weight is 249 g/mol. The highest BCUT2D eigenvalue weighted by Gasteiger charge is 2.11. The second-order valence-corrected chi connectivity index (χ2v) is 4.88. The second-order valence-electron chi connectivity index (χ2n) is 4.88. The maximum absolute atomic E-state index is 11.0. The van der Waals surface area contributed by atoms with Crippen LogP contribution in [-0.2, 0) is 11.2 Å². The van der Waals surface area contributed by atoms with Gasteiger partial charge in [-0.1, -0.05) is 12.1 Å². The number of nitrogens with two attached hydrogens (primary N) is 2. The van der Waals surface area contributed by atoms with Crippen LogP contribution in [0.3, 0.4) is 0 Å². The highest BCUT2D eigenvalue weighted by Crippen LogP contribution is 2.09. The molecular formula is C14H23N3O. The SMILES string of the molecule is CC(C)N(CCCc1cccc(N)c1)CC(N)=O. The van der Waals surface area contributed by atoms with Crippen molar-refractivity contribution in [2.75, 3.05) is 18.8 Å². The molecule has 1 amide bonds. The molecule has 0 fully saturated rings. The fraction of sp³-hybridized carbons (Fsp3) is 0.500. The Morgan fingerprint density at radius 1 is 1.39 bits per heavy atom. The molecule has 0 saturated carbocycles. The number of hydrogen-bond donors (Lipinski definition) is 2. The van der Waals surface area contributed by atoms with Crippen molar-refractivity contribution < 1.29 is 4.79 Å². The maximum Gasteiger partial charge on any atom is 0.231 e. The minimum Gasteiger partial charge on any atom is -0.399 e. The minimum atomic E-state index is -0.271. The second kappa shape index (κ2) is 7.01. The van der Waals surface area contributed by atoms with E-state index in [1.54, 1.807) is 0 Å². The smallest absolute Gasteiger partial charge is 0.231 e. The molecule has 1 aromatic carbocycles. The molecule has 0 heterocycles. The molecule has 4 N–H and O–H groups in total. The lowest BCUT2D eigenvalue weighted by Gasteiger charge is -2.24. The third-order valence-electron chi connectivity index (χ3n) is 2.95. The number of amides is 1. The molecule has 18 heavy (non-hydrogen) atoms. The van der Waals surface area contributed by atoms with Crippen molar-refractivity contribution in [1.29, 1.82) is 0 Å². The molecular weight excluding hydrogens is 226 g/mol. The Morgan fingerprint density at radius 2 is 2.11 bits per heavy atom. The Balaban J connectivity index is 2.41. The van der Waals surface area contributed by atoms with Crippen molar-refractivity contribution in [3.63, 3.8) is 0 Å². The van der Waals surface area contributed by atoms with E-state index in [-0.39, 0.29) is 5.91 Å². The summed E-state index contributed by atoms with van der Waals surface area (Å²) >= 11 is 0. The summed E-state index contributed by atoms with van der Waals surface area (Å²) in [6.45, 7) is 5.34. The van der Waals surface area contributed by atoms with Gasteiger partial charge in [-0.05, 0) is 50.9 Å². The summed E-state index contributed by atoms with van der Waals surface area (Å²) in [5, 5.41) is 0. The predicted octanol–water partition coefficient (Wildman–Crippen LogP) is 1.40. The van der Waals surface area contributed by atoms with Gasteiger partial charge in [0.2, 0.25) is 5.91 Å². The maximum atomic E-state index is 11.0. The summed E-state index contributed by atoms with van der Waals surface area (Å²) in [4.78, 5) is 13.0. The highest BCUT2D eigenvalue weighted by atomic mass is 16.1. The van der Waals surface area contributed by atoms with E-state index >= 15 is 0 Å². The fourth-order valence-corrected chi connectivity index (χ4v) is 1.95. The Hall–Kier alpha value is -1.55. The van der Waals surface area contributed by atoms with Crippen LogP contribution in [-0.4, -0.2) is 29.9 Å². The Bertz CT molecular complexity index is 390. The van der Waals surface area contributed by atoms with E-state index in [9.17, 15) is 4.79 Å². The summed E-state index contributed by atoms with van der Waals surface area (Å²) in [7, 11) is 0. The molecule has 0 spiro atoms. The lowest BCUT2D eigenvalue weighted by atomic mass is 10.1. The Morgan fingerprint density at radius 3 is 2.67 bits per heavy atom. The van der Waals surface area contributed by atoms with Crippen LogP contribution in [0.1, 0.15) is 25.8 Å². The van der Waals surface area contributed by atoms with E-state index in [1.807, 2.05) is 18.2 Å². The van der Waals surface area contributed by atoms with Gasteiger partial charge in [0.15, 0.2) is 0 Å². The molecule has 1 aromatic rings. The van der Waals surface area contributed by atoms with Crippen LogP contribution in [0.4, 0.5) is 5.69 Å². The molecule has 0 bridgehead atoms. The molecule has 4 nitrogen and oxygen atoms in total. The van der Waals surface area contributed by atoms with Gasteiger partial charge in [-0.15, -0.1) is 0 Å². The van der Waals surface area contributed by atoms with Gasteiger partial charge < -0.3 is 11.5 Å². The van der Waals surface area contributed by atoms with Gasteiger partial charge >= 0.3 is 0 Å². The van der Waals surface area contributed by atoms with Gasteiger partial charge in [-0.2, -0.15) is 0 Å². The lowest BCUT2D eigenvalue weighted by Crippen LogP contribution is -2.39. The van der Waals surface area contributed by atoms with E-state index in [0.29, 0.717) is 12.6 Å². The van der Waals surface area contributed by atoms with Gasteiger partial charge in [0.1, 0.15) is 0 Å². The normalized spacial score (nSPS) is 11.1. The van der Waals surface area contributed by atoms with Crippen LogP contribution >= 0.6 is 0 Å². The first-order chi connectivity index (χ1) is 8.49. The number of nitrogens with zero attached hydrogens (tertiary/aromatic N) is 1. The fourth-order valence-electron chi connectivity index (χ4n) is 1.95. The number of carbonyl (C=O) groups excluding carboxylic acids is 1. The van der Waals surface area contributed by atoms with Crippen molar-refractivity contribution in [2.45, 2.75) is 32.7 Å². The number of anilines is 1. The van der Waals surface area contributed by atoms with E-state index in [0.717, 1.165) is 25.1 Å². The lowest BCUT2D eigenvalue weighted by molar-refractivity contribution is -0.119. The topological polar surface area (TPSA) is 72.3 Å². The monoisotopic (exact) mass is 249 g/mol. The Labute approximate surface area is 109 Å². The summed E-state index contributed by atoms with van der Waals surface area (Å²) in [5.74, 6) is -0.271. The first-order valence-corrected chi connectivity index (χ1v) is 6.36. The van der Waals surface area contributed by atoms with Crippen LogP contribution in [0.25, 0.3) is 0 Å². The number of benzene rings is 1. The Kier molecular flexibility index (Phi) is 5.65. The number of primary amides is 1. The third kappa shape index (κ3) is 5.19. The van der Waals surface area contributed by atoms with E-state index in [4.69, 9.17) is 11.5 Å². The van der Waals surface area contributed by atoms with Crippen molar-refractivity contribution >= 4 is 11.6 Å². The first kappa shape index (κ1) is 14.5. The molecule has 4 heteroatoms. The molecule has 0 unspecified atom stereocenters. The number of nitrogen functional groups attached to an aromatic ring is 1. The molecule has 0 saturated heterocycles. The largest absolute Gasteiger partial charge is 0.399 e. The zero-order valence-electron chi connectivity index (χ0n) is 11.2. The van der Waals surface area contributed by atoms with Gasteiger partial charge in [0, 0.05) is 11.7 Å². The third-order valence-corrected chi connectivity index (χ3v) is 2.95. The zero-order valence-corrected chi connectivity index (χ0v) is 11.2. The number of carbonyl (C=O) groups is 1. The number of rotatable bonds is 7. The van der Waals surface area contributed by atoms with E-state index in [1.165, 1.54) is 5.56 Å². The number of hydrogen-bond acceptors (Lipinski definition) is 3. The molecule has 100 valence electrons. The molecule has 0 aromatic heterocycles. The summed E-state index contributed by atoms with van der Waals surface area (Å²) in [6.07, 6.45) is 1.96. The van der Waals surface area contributed by atoms with Crippen LogP contribution < -0.4 is 11.5 Å². The van der Waals surface area contributed by atoms with Crippen molar-refractivity contribution in [2.24, 2.45) is 5.73 Å². The molecule has 0 aliphatic heterocycles. The molecule has 1 rings (SSSR count).